The van der Waals surface area contributed by atoms with Gasteiger partial charge in [0.2, 0.25) is 11.8 Å². The van der Waals surface area contributed by atoms with E-state index in [4.69, 9.17) is 0 Å². The van der Waals surface area contributed by atoms with E-state index in [0.29, 0.717) is 24.2 Å². The molecule has 6 nitrogen and oxygen atoms in total. The number of hydrogen-bond donors (Lipinski definition) is 2. The number of amides is 3. The van der Waals surface area contributed by atoms with Crippen LogP contribution in [0.1, 0.15) is 28.8 Å². The molecular formula is C23H21N3O3. The van der Waals surface area contributed by atoms with Gasteiger partial charge >= 0.3 is 0 Å². The Morgan fingerprint density at radius 3 is 2.55 bits per heavy atom. The molecule has 1 saturated heterocycles. The maximum Gasteiger partial charge on any atom is 0.269 e. The minimum atomic E-state index is -0.426. The molecule has 3 aromatic carbocycles. The van der Waals surface area contributed by atoms with E-state index < -0.39 is 5.91 Å². The van der Waals surface area contributed by atoms with Gasteiger partial charge in [0.05, 0.1) is 6.42 Å². The fourth-order valence-electron chi connectivity index (χ4n) is 3.60. The van der Waals surface area contributed by atoms with Gasteiger partial charge in [-0.25, -0.2) is 0 Å². The van der Waals surface area contributed by atoms with E-state index in [9.17, 15) is 14.4 Å². The molecule has 0 unspecified atom stereocenters. The number of carbonyl (C=O) groups excluding carboxylic acids is 3. The normalized spacial score (nSPS) is 13.5. The van der Waals surface area contributed by atoms with Gasteiger partial charge in [-0.1, -0.05) is 48.5 Å². The maximum absolute atomic E-state index is 12.4. The topological polar surface area (TPSA) is 78.5 Å². The van der Waals surface area contributed by atoms with Crippen LogP contribution in [0.4, 0.5) is 5.69 Å². The first-order valence-corrected chi connectivity index (χ1v) is 9.58. The van der Waals surface area contributed by atoms with Crippen molar-refractivity contribution in [2.75, 3.05) is 11.4 Å². The second-order valence-corrected chi connectivity index (χ2v) is 7.02. The molecule has 146 valence electrons. The molecule has 1 aliphatic heterocycles. The lowest BCUT2D eigenvalue weighted by Crippen LogP contribution is -2.42. The highest BCUT2D eigenvalue weighted by Crippen LogP contribution is 2.22. The Bertz CT molecular complexity index is 1090. The lowest BCUT2D eigenvalue weighted by Gasteiger charge is -2.16. The minimum Gasteiger partial charge on any atom is -0.312 e. The highest BCUT2D eigenvalue weighted by molar-refractivity contribution is 5.99. The van der Waals surface area contributed by atoms with E-state index >= 15 is 0 Å². The number of fused-ring (bicyclic) bond motifs is 1. The SMILES string of the molecule is O=C(Cc1cccc2ccccc12)NNC(=O)c1cccc(N2CCCC2=O)c1. The molecule has 0 bridgehead atoms. The Morgan fingerprint density at radius 2 is 1.72 bits per heavy atom. The molecule has 3 amide bonds. The first-order chi connectivity index (χ1) is 14.1. The van der Waals surface area contributed by atoms with Crippen molar-refractivity contribution in [2.24, 2.45) is 0 Å². The molecule has 0 aromatic heterocycles. The number of anilines is 1. The smallest absolute Gasteiger partial charge is 0.269 e. The van der Waals surface area contributed by atoms with Gasteiger partial charge in [0, 0.05) is 24.2 Å². The van der Waals surface area contributed by atoms with Gasteiger partial charge in [-0.15, -0.1) is 0 Å². The van der Waals surface area contributed by atoms with Crippen LogP contribution in [0.25, 0.3) is 10.8 Å². The van der Waals surface area contributed by atoms with Gasteiger partial charge in [0.15, 0.2) is 0 Å². The van der Waals surface area contributed by atoms with E-state index in [1.807, 2.05) is 42.5 Å². The summed E-state index contributed by atoms with van der Waals surface area (Å²) < 4.78 is 0. The Balaban J connectivity index is 1.39. The molecule has 1 heterocycles. The minimum absolute atomic E-state index is 0.0611. The second kappa shape index (κ2) is 8.14. The number of hydrogen-bond acceptors (Lipinski definition) is 3. The highest BCUT2D eigenvalue weighted by atomic mass is 16.2. The van der Waals surface area contributed by atoms with Gasteiger partial charge in [0.25, 0.3) is 5.91 Å². The summed E-state index contributed by atoms with van der Waals surface area (Å²) in [5.41, 5.74) is 6.90. The summed E-state index contributed by atoms with van der Waals surface area (Å²) in [6.45, 7) is 0.658. The predicted octanol–water partition coefficient (Wildman–Crippen LogP) is 2.97. The number of rotatable bonds is 4. The zero-order valence-corrected chi connectivity index (χ0v) is 15.9. The van der Waals surface area contributed by atoms with Crippen molar-refractivity contribution in [1.29, 1.82) is 0 Å². The zero-order chi connectivity index (χ0) is 20.2. The van der Waals surface area contributed by atoms with Crippen LogP contribution in [0.3, 0.4) is 0 Å². The van der Waals surface area contributed by atoms with E-state index in [1.165, 1.54) is 0 Å². The summed E-state index contributed by atoms with van der Waals surface area (Å²) in [5, 5.41) is 2.08. The Labute approximate surface area is 168 Å². The summed E-state index contributed by atoms with van der Waals surface area (Å²) in [5.74, 6) is -0.670. The molecule has 0 saturated carbocycles. The van der Waals surface area contributed by atoms with E-state index in [0.717, 1.165) is 22.8 Å². The maximum atomic E-state index is 12.4. The number of benzene rings is 3. The van der Waals surface area contributed by atoms with E-state index in [-0.39, 0.29) is 18.2 Å². The molecule has 29 heavy (non-hydrogen) atoms. The average molecular weight is 387 g/mol. The Kier molecular flexibility index (Phi) is 5.24. The van der Waals surface area contributed by atoms with E-state index in [2.05, 4.69) is 10.9 Å². The third-order valence-corrected chi connectivity index (χ3v) is 5.04. The van der Waals surface area contributed by atoms with E-state index in [1.54, 1.807) is 29.2 Å². The first kappa shape index (κ1) is 18.7. The highest BCUT2D eigenvalue weighted by Gasteiger charge is 2.22. The van der Waals surface area contributed by atoms with Gasteiger partial charge in [-0.05, 0) is 41.0 Å². The van der Waals surface area contributed by atoms with Gasteiger partial charge in [-0.2, -0.15) is 0 Å². The van der Waals surface area contributed by atoms with Crippen LogP contribution >= 0.6 is 0 Å². The summed E-state index contributed by atoms with van der Waals surface area (Å²) in [4.78, 5) is 38.3. The lowest BCUT2D eigenvalue weighted by molar-refractivity contribution is -0.121. The van der Waals surface area contributed by atoms with Crippen molar-refractivity contribution in [3.05, 3.63) is 77.9 Å². The fourth-order valence-corrected chi connectivity index (χ4v) is 3.60. The van der Waals surface area contributed by atoms with Crippen molar-refractivity contribution < 1.29 is 14.4 Å². The van der Waals surface area contributed by atoms with Crippen LogP contribution in [0.15, 0.2) is 66.7 Å². The van der Waals surface area contributed by atoms with Crippen molar-refractivity contribution in [3.63, 3.8) is 0 Å². The molecule has 0 spiro atoms. The molecule has 6 heteroatoms. The summed E-state index contributed by atoms with van der Waals surface area (Å²) >= 11 is 0. The van der Waals surface area contributed by atoms with Gasteiger partial charge in [0.1, 0.15) is 0 Å². The molecule has 1 fully saturated rings. The van der Waals surface area contributed by atoms with Crippen LogP contribution in [0.2, 0.25) is 0 Å². The monoisotopic (exact) mass is 387 g/mol. The fraction of sp³-hybridized carbons (Fsp3) is 0.174. The number of nitrogens with one attached hydrogen (secondary N) is 2. The standard InChI is InChI=1S/C23H21N3O3/c27-21(15-17-8-3-7-16-6-1-2-11-20(16)17)24-25-23(29)18-9-4-10-19(14-18)26-13-5-12-22(26)28/h1-4,6-11,14H,5,12-13,15H2,(H,24,27)(H,25,29). The number of hydrazine groups is 1. The molecule has 0 atom stereocenters. The Morgan fingerprint density at radius 1 is 0.931 bits per heavy atom. The molecular weight excluding hydrogens is 366 g/mol. The van der Waals surface area contributed by atoms with Crippen LogP contribution < -0.4 is 15.8 Å². The third-order valence-electron chi connectivity index (χ3n) is 5.04. The summed E-state index contributed by atoms with van der Waals surface area (Å²) in [7, 11) is 0. The third kappa shape index (κ3) is 4.11. The van der Waals surface area contributed by atoms with Crippen molar-refractivity contribution in [3.8, 4) is 0 Å². The Hall–Kier alpha value is -3.67. The number of carbonyl (C=O) groups is 3. The number of nitrogens with zero attached hydrogens (tertiary/aromatic N) is 1. The summed E-state index contributed by atoms with van der Waals surface area (Å²) in [6, 6.07) is 20.5. The first-order valence-electron chi connectivity index (χ1n) is 9.58. The van der Waals surface area contributed by atoms with Crippen LogP contribution in [-0.2, 0) is 16.0 Å². The van der Waals surface area contributed by atoms with Crippen LogP contribution in [0, 0.1) is 0 Å². The second-order valence-electron chi connectivity index (χ2n) is 7.02. The molecule has 0 aliphatic carbocycles. The largest absolute Gasteiger partial charge is 0.312 e. The van der Waals surface area contributed by atoms with Gasteiger partial charge < -0.3 is 4.90 Å². The molecule has 3 aromatic rings. The summed E-state index contributed by atoms with van der Waals surface area (Å²) in [6.07, 6.45) is 1.50. The van der Waals surface area contributed by atoms with Crippen molar-refractivity contribution >= 4 is 34.2 Å². The quantitative estimate of drug-likeness (QED) is 0.676. The molecule has 4 rings (SSSR count). The lowest BCUT2D eigenvalue weighted by atomic mass is 10.0. The van der Waals surface area contributed by atoms with Crippen molar-refractivity contribution in [2.45, 2.75) is 19.3 Å². The van der Waals surface area contributed by atoms with Gasteiger partial charge in [-0.3, -0.25) is 25.2 Å². The van der Waals surface area contributed by atoms with Crippen LogP contribution in [-0.4, -0.2) is 24.3 Å². The molecule has 1 aliphatic rings. The van der Waals surface area contributed by atoms with Crippen LogP contribution in [0.5, 0.6) is 0 Å². The average Bonchev–Trinajstić information content (AvgIpc) is 3.18. The van der Waals surface area contributed by atoms with Crippen molar-refractivity contribution in [1.82, 2.24) is 10.9 Å². The zero-order valence-electron chi connectivity index (χ0n) is 15.9. The molecule has 0 radical (unpaired) electrons. The predicted molar refractivity (Wildman–Crippen MR) is 111 cm³/mol. The molecule has 2 N–H and O–H groups in total.